The number of carbonyl (C=O) groups excluding carboxylic acids is 1. The summed E-state index contributed by atoms with van der Waals surface area (Å²) in [7, 11) is 0. The van der Waals surface area contributed by atoms with E-state index in [1.165, 1.54) is 18.2 Å². The number of nitrogens with zero attached hydrogens (tertiary/aromatic N) is 1. The van der Waals surface area contributed by atoms with E-state index in [2.05, 4.69) is 10.6 Å². The Morgan fingerprint density at radius 3 is 2.38 bits per heavy atom. The van der Waals surface area contributed by atoms with Crippen LogP contribution in [0.4, 0.5) is 18.0 Å². The van der Waals surface area contributed by atoms with E-state index in [1.54, 1.807) is 10.6 Å². The van der Waals surface area contributed by atoms with Crippen LogP contribution in [0.15, 0.2) is 36.4 Å². The number of rotatable bonds is 6. The first-order valence-electron chi connectivity index (χ1n) is 11.2. The maximum absolute atomic E-state index is 14.0. The molecule has 2 amide bonds. The van der Waals surface area contributed by atoms with E-state index in [1.807, 2.05) is 6.92 Å². The van der Waals surface area contributed by atoms with Crippen LogP contribution in [0.2, 0.25) is 0 Å². The molecule has 4 rings (SSSR count). The summed E-state index contributed by atoms with van der Waals surface area (Å²) >= 11 is 0. The molecule has 0 atom stereocenters. The predicted molar refractivity (Wildman–Crippen MR) is 121 cm³/mol. The van der Waals surface area contributed by atoms with Crippen molar-refractivity contribution in [2.24, 2.45) is 0 Å². The second kappa shape index (κ2) is 9.79. The number of halogens is 3. The molecule has 3 aromatic rings. The molecule has 1 aliphatic rings. The summed E-state index contributed by atoms with van der Waals surface area (Å²) in [4.78, 5) is 23.6. The molecule has 1 heterocycles. The molecule has 1 saturated carbocycles. The summed E-state index contributed by atoms with van der Waals surface area (Å²) in [6, 6.07) is 7.12. The lowest BCUT2D eigenvalue weighted by molar-refractivity contribution is -0.137. The van der Waals surface area contributed by atoms with Gasteiger partial charge in [-0.05, 0) is 68.4 Å². The van der Waals surface area contributed by atoms with Gasteiger partial charge in [-0.15, -0.1) is 0 Å². The van der Waals surface area contributed by atoms with Gasteiger partial charge in [-0.1, -0.05) is 6.07 Å². The Morgan fingerprint density at radius 2 is 1.71 bits per heavy atom. The summed E-state index contributed by atoms with van der Waals surface area (Å²) in [5.74, 6) is -2.60. The Bertz CT molecular complexity index is 1230. The van der Waals surface area contributed by atoms with E-state index >= 15 is 0 Å². The highest BCUT2D eigenvalue weighted by molar-refractivity contribution is 5.87. The lowest BCUT2D eigenvalue weighted by atomic mass is 9.80. The molecule has 9 heteroatoms. The van der Waals surface area contributed by atoms with Gasteiger partial charge in [-0.3, -0.25) is 4.79 Å². The minimum atomic E-state index is -0.963. The van der Waals surface area contributed by atoms with E-state index in [0.717, 1.165) is 41.6 Å². The standard InChI is InChI=1S/C25H26F3N3O3/c1-14-24(20-10-17(26)6-9-22(20)31(14)13-23(32)33)15-3-7-19(8-4-15)30-25(34)29-12-16-2-5-18(27)11-21(16)28/h2,5-6,9-11,15,19H,3-4,7-8,12-13H2,1H3,(H,32,33)(H2,29,30,34). The highest BCUT2D eigenvalue weighted by Crippen LogP contribution is 2.40. The van der Waals surface area contributed by atoms with Gasteiger partial charge in [-0.25, -0.2) is 18.0 Å². The number of hydrogen-bond donors (Lipinski definition) is 3. The second-order valence-corrected chi connectivity index (χ2v) is 8.75. The quantitative estimate of drug-likeness (QED) is 0.472. The Morgan fingerprint density at radius 1 is 1.03 bits per heavy atom. The summed E-state index contributed by atoms with van der Waals surface area (Å²) < 4.78 is 42.5. The molecule has 180 valence electrons. The molecule has 2 aromatic carbocycles. The molecule has 0 radical (unpaired) electrons. The number of urea groups is 1. The van der Waals surface area contributed by atoms with Crippen LogP contribution in [-0.4, -0.2) is 27.7 Å². The maximum atomic E-state index is 14.0. The van der Waals surface area contributed by atoms with Gasteiger partial charge in [0.15, 0.2) is 0 Å². The molecule has 0 saturated heterocycles. The summed E-state index contributed by atoms with van der Waals surface area (Å²) in [6.07, 6.45) is 2.90. The fourth-order valence-electron chi connectivity index (χ4n) is 4.94. The van der Waals surface area contributed by atoms with Crippen LogP contribution in [0.3, 0.4) is 0 Å². The molecule has 3 N–H and O–H groups in total. The zero-order valence-corrected chi connectivity index (χ0v) is 18.7. The zero-order valence-electron chi connectivity index (χ0n) is 18.7. The molecule has 1 aliphatic carbocycles. The molecule has 0 unspecified atom stereocenters. The molecule has 0 spiro atoms. The molecule has 6 nitrogen and oxygen atoms in total. The average molecular weight is 473 g/mol. The van der Waals surface area contributed by atoms with Crippen LogP contribution in [-0.2, 0) is 17.9 Å². The van der Waals surface area contributed by atoms with Gasteiger partial charge in [0.25, 0.3) is 0 Å². The summed E-state index contributed by atoms with van der Waals surface area (Å²) in [5.41, 5.74) is 2.67. The van der Waals surface area contributed by atoms with E-state index < -0.39 is 23.6 Å². The number of amides is 2. The van der Waals surface area contributed by atoms with Crippen molar-refractivity contribution in [2.45, 2.75) is 57.7 Å². The van der Waals surface area contributed by atoms with Crippen LogP contribution in [0.25, 0.3) is 10.9 Å². The SMILES string of the molecule is Cc1c(C2CCC(NC(=O)NCc3ccc(F)cc3F)CC2)c2cc(F)ccc2n1CC(=O)O. The van der Waals surface area contributed by atoms with E-state index in [-0.39, 0.29) is 36.4 Å². The third kappa shape index (κ3) is 5.03. The predicted octanol–water partition coefficient (Wildman–Crippen LogP) is 4.98. The highest BCUT2D eigenvalue weighted by Gasteiger charge is 2.28. The van der Waals surface area contributed by atoms with Crippen molar-refractivity contribution in [3.63, 3.8) is 0 Å². The minimum absolute atomic E-state index is 0.0544. The van der Waals surface area contributed by atoms with Crippen LogP contribution in [0.1, 0.15) is 48.4 Å². The minimum Gasteiger partial charge on any atom is -0.480 e. The van der Waals surface area contributed by atoms with Crippen molar-refractivity contribution in [2.75, 3.05) is 0 Å². The van der Waals surface area contributed by atoms with Crippen LogP contribution >= 0.6 is 0 Å². The van der Waals surface area contributed by atoms with E-state index in [9.17, 15) is 27.9 Å². The first-order valence-corrected chi connectivity index (χ1v) is 11.2. The molecular weight excluding hydrogens is 447 g/mol. The summed E-state index contributed by atoms with van der Waals surface area (Å²) in [5, 5.41) is 15.5. The third-order valence-corrected chi connectivity index (χ3v) is 6.55. The van der Waals surface area contributed by atoms with Crippen LogP contribution < -0.4 is 10.6 Å². The van der Waals surface area contributed by atoms with E-state index in [4.69, 9.17) is 0 Å². The Balaban J connectivity index is 1.40. The Labute approximate surface area is 194 Å². The van der Waals surface area contributed by atoms with Gasteiger partial charge in [0, 0.05) is 40.8 Å². The molecular formula is C25H26F3N3O3. The number of aromatic nitrogens is 1. The third-order valence-electron chi connectivity index (χ3n) is 6.55. The van der Waals surface area contributed by atoms with Crippen molar-refractivity contribution in [1.82, 2.24) is 15.2 Å². The van der Waals surface area contributed by atoms with Gasteiger partial charge < -0.3 is 20.3 Å². The van der Waals surface area contributed by atoms with Gasteiger partial charge in [0.2, 0.25) is 0 Å². The Hall–Kier alpha value is -3.49. The van der Waals surface area contributed by atoms with Gasteiger partial charge in [0.05, 0.1) is 0 Å². The van der Waals surface area contributed by atoms with Crippen molar-refractivity contribution >= 4 is 22.9 Å². The normalized spacial score (nSPS) is 18.1. The van der Waals surface area contributed by atoms with Crippen LogP contribution in [0.5, 0.6) is 0 Å². The fourth-order valence-corrected chi connectivity index (χ4v) is 4.94. The average Bonchev–Trinajstić information content (AvgIpc) is 3.04. The molecule has 34 heavy (non-hydrogen) atoms. The van der Waals surface area contributed by atoms with Crippen molar-refractivity contribution < 1.29 is 27.9 Å². The number of hydrogen-bond acceptors (Lipinski definition) is 2. The number of benzene rings is 2. The number of fused-ring (bicyclic) bond motifs is 1. The number of carboxylic acids is 1. The number of carbonyl (C=O) groups is 2. The van der Waals surface area contributed by atoms with Gasteiger partial charge >= 0.3 is 12.0 Å². The van der Waals surface area contributed by atoms with Gasteiger partial charge in [-0.2, -0.15) is 0 Å². The number of aliphatic carboxylic acids is 1. The first kappa shape index (κ1) is 23.7. The lowest BCUT2D eigenvalue weighted by Gasteiger charge is -2.29. The number of nitrogens with one attached hydrogen (secondary N) is 2. The lowest BCUT2D eigenvalue weighted by Crippen LogP contribution is -2.43. The largest absolute Gasteiger partial charge is 0.480 e. The van der Waals surface area contributed by atoms with Gasteiger partial charge in [0.1, 0.15) is 24.0 Å². The molecule has 0 bridgehead atoms. The second-order valence-electron chi connectivity index (χ2n) is 8.75. The van der Waals surface area contributed by atoms with Crippen molar-refractivity contribution in [3.8, 4) is 0 Å². The number of carboxylic acid groups (broad SMARTS) is 1. The zero-order chi connectivity index (χ0) is 24.4. The summed E-state index contributed by atoms with van der Waals surface area (Å²) in [6.45, 7) is 1.61. The highest BCUT2D eigenvalue weighted by atomic mass is 19.1. The van der Waals surface area contributed by atoms with E-state index in [0.29, 0.717) is 18.4 Å². The van der Waals surface area contributed by atoms with Crippen molar-refractivity contribution in [3.05, 3.63) is 70.7 Å². The molecule has 1 fully saturated rings. The molecule has 0 aliphatic heterocycles. The fraction of sp³-hybridized carbons (Fsp3) is 0.360. The Kier molecular flexibility index (Phi) is 6.81. The van der Waals surface area contributed by atoms with Crippen molar-refractivity contribution in [1.29, 1.82) is 0 Å². The smallest absolute Gasteiger partial charge is 0.323 e. The first-order chi connectivity index (χ1) is 16.2. The molecule has 1 aromatic heterocycles. The maximum Gasteiger partial charge on any atom is 0.323 e. The monoisotopic (exact) mass is 473 g/mol. The topological polar surface area (TPSA) is 83.4 Å². The van der Waals surface area contributed by atoms with Crippen LogP contribution in [0, 0.1) is 24.4 Å².